The first-order valence-electron chi connectivity index (χ1n) is 10.1. The van der Waals surface area contributed by atoms with Crippen LogP contribution < -0.4 is 14.8 Å². The van der Waals surface area contributed by atoms with Gasteiger partial charge in [0.05, 0.1) is 13.2 Å². The van der Waals surface area contributed by atoms with Gasteiger partial charge in [-0.2, -0.15) is 0 Å². The van der Waals surface area contributed by atoms with Crippen molar-refractivity contribution in [2.75, 3.05) is 13.2 Å². The molecule has 7 nitrogen and oxygen atoms in total. The van der Waals surface area contributed by atoms with Gasteiger partial charge in [0.25, 0.3) is 0 Å². The Balaban J connectivity index is 1.60. The van der Waals surface area contributed by atoms with E-state index in [1.807, 2.05) is 43.3 Å². The zero-order valence-corrected chi connectivity index (χ0v) is 19.0. The molecule has 31 heavy (non-hydrogen) atoms. The lowest BCUT2D eigenvalue weighted by atomic mass is 10.1. The second kappa shape index (κ2) is 10.3. The van der Waals surface area contributed by atoms with Crippen LogP contribution in [0.3, 0.4) is 0 Å². The molecule has 2 aromatic carbocycles. The Bertz CT molecular complexity index is 993. The van der Waals surface area contributed by atoms with Gasteiger partial charge in [-0.15, -0.1) is 5.10 Å². The summed E-state index contributed by atoms with van der Waals surface area (Å²) in [6.45, 7) is 7.96. The molecule has 1 heterocycles. The van der Waals surface area contributed by atoms with E-state index >= 15 is 0 Å². The predicted molar refractivity (Wildman–Crippen MR) is 122 cm³/mol. The number of ether oxygens (including phenoxy) is 2. The number of nitrogens with one attached hydrogen (secondary N) is 1. The zero-order chi connectivity index (χ0) is 22.4. The molecule has 1 N–H and O–H groups in total. The number of thioether (sulfide) groups is 1. The molecule has 0 fully saturated rings. The number of amides is 2. The molecule has 2 aromatic rings. The number of hydrazone groups is 1. The molecule has 0 aromatic heterocycles. The van der Waals surface area contributed by atoms with E-state index in [1.54, 1.807) is 0 Å². The maximum absolute atomic E-state index is 12.1. The minimum absolute atomic E-state index is 0.213. The molecular formula is C23H27N3O4S. The quantitative estimate of drug-likeness (QED) is 0.653. The number of benzene rings is 2. The standard InChI is InChI=1S/C23H27N3O4S/c1-15-10-11-20(16(2)14-15)29-12-7-13-30-21-9-6-5-8-19(21)22-26(18(4)28)25-23(31-22)24-17(3)27/h5-6,8-11,14,22H,7,12-13H2,1-4H3,(H,24,25,27)/t22-/m1/s1. The number of aryl methyl sites for hydroxylation is 2. The number of hydrogen-bond donors (Lipinski definition) is 1. The Morgan fingerprint density at radius 2 is 1.77 bits per heavy atom. The van der Waals surface area contributed by atoms with Gasteiger partial charge in [-0.3, -0.25) is 9.59 Å². The van der Waals surface area contributed by atoms with Crippen molar-refractivity contribution < 1.29 is 19.1 Å². The molecule has 0 aliphatic carbocycles. The van der Waals surface area contributed by atoms with Crippen LogP contribution in [-0.4, -0.2) is 35.2 Å². The monoisotopic (exact) mass is 441 g/mol. The zero-order valence-electron chi connectivity index (χ0n) is 18.2. The van der Waals surface area contributed by atoms with E-state index in [1.165, 1.54) is 36.2 Å². The average Bonchev–Trinajstić information content (AvgIpc) is 3.12. The van der Waals surface area contributed by atoms with E-state index < -0.39 is 5.37 Å². The van der Waals surface area contributed by atoms with Gasteiger partial charge in [-0.25, -0.2) is 5.01 Å². The van der Waals surface area contributed by atoms with E-state index in [4.69, 9.17) is 9.47 Å². The summed E-state index contributed by atoms with van der Waals surface area (Å²) >= 11 is 1.30. The minimum Gasteiger partial charge on any atom is -0.493 e. The molecule has 164 valence electrons. The highest BCUT2D eigenvalue weighted by molar-refractivity contribution is 8.14. The Labute approximate surface area is 186 Å². The van der Waals surface area contributed by atoms with Crippen molar-refractivity contribution in [3.8, 4) is 11.5 Å². The fourth-order valence-electron chi connectivity index (χ4n) is 3.17. The molecule has 0 saturated heterocycles. The van der Waals surface area contributed by atoms with Crippen LogP contribution in [0, 0.1) is 13.8 Å². The van der Waals surface area contributed by atoms with Crippen LogP contribution in [0.2, 0.25) is 0 Å². The van der Waals surface area contributed by atoms with Gasteiger partial charge in [0.1, 0.15) is 16.9 Å². The number of rotatable bonds is 7. The third-order valence-electron chi connectivity index (χ3n) is 4.57. The van der Waals surface area contributed by atoms with Crippen LogP contribution in [0.1, 0.15) is 42.3 Å². The lowest BCUT2D eigenvalue weighted by Gasteiger charge is -2.21. The Morgan fingerprint density at radius 3 is 2.45 bits per heavy atom. The van der Waals surface area contributed by atoms with Crippen molar-refractivity contribution in [2.24, 2.45) is 5.10 Å². The van der Waals surface area contributed by atoms with E-state index in [9.17, 15) is 9.59 Å². The van der Waals surface area contributed by atoms with Gasteiger partial charge < -0.3 is 14.8 Å². The van der Waals surface area contributed by atoms with Gasteiger partial charge in [-0.1, -0.05) is 47.7 Å². The van der Waals surface area contributed by atoms with E-state index in [-0.39, 0.29) is 11.8 Å². The maximum Gasteiger partial charge on any atom is 0.241 e. The number of para-hydroxylation sites is 1. The summed E-state index contributed by atoms with van der Waals surface area (Å²) < 4.78 is 11.9. The summed E-state index contributed by atoms with van der Waals surface area (Å²) in [4.78, 5) is 23.5. The van der Waals surface area contributed by atoms with Crippen molar-refractivity contribution in [3.05, 3.63) is 59.2 Å². The Kier molecular flexibility index (Phi) is 7.57. The molecule has 1 aliphatic heterocycles. The topological polar surface area (TPSA) is 80.2 Å². The second-order valence-electron chi connectivity index (χ2n) is 7.28. The third-order valence-corrected chi connectivity index (χ3v) is 5.65. The predicted octanol–water partition coefficient (Wildman–Crippen LogP) is 4.15. The van der Waals surface area contributed by atoms with Crippen LogP contribution >= 0.6 is 11.8 Å². The molecule has 1 aliphatic rings. The molecule has 0 unspecified atom stereocenters. The van der Waals surface area contributed by atoms with Crippen molar-refractivity contribution in [3.63, 3.8) is 0 Å². The van der Waals surface area contributed by atoms with Crippen LogP contribution in [0.4, 0.5) is 0 Å². The largest absolute Gasteiger partial charge is 0.493 e. The van der Waals surface area contributed by atoms with Crippen LogP contribution in [-0.2, 0) is 9.59 Å². The molecule has 0 bridgehead atoms. The van der Waals surface area contributed by atoms with Crippen molar-refractivity contribution >= 4 is 28.7 Å². The molecule has 0 spiro atoms. The lowest BCUT2D eigenvalue weighted by Crippen LogP contribution is -2.25. The summed E-state index contributed by atoms with van der Waals surface area (Å²) in [5.74, 6) is 1.11. The second-order valence-corrected chi connectivity index (χ2v) is 8.35. The molecule has 1 atom stereocenters. The molecule has 0 saturated carbocycles. The average molecular weight is 442 g/mol. The molecule has 8 heteroatoms. The summed E-state index contributed by atoms with van der Waals surface area (Å²) in [6.07, 6.45) is 0.712. The fourth-order valence-corrected chi connectivity index (χ4v) is 4.33. The minimum atomic E-state index is -0.401. The SMILES string of the molecule is CC(=O)NC1=NN(C(C)=O)[C@@H](c2ccccc2OCCCOc2ccc(C)cc2C)S1. The van der Waals surface area contributed by atoms with E-state index in [2.05, 4.69) is 23.4 Å². The molecular weight excluding hydrogens is 414 g/mol. The Hall–Kier alpha value is -3.00. The van der Waals surface area contributed by atoms with Crippen LogP contribution in [0.15, 0.2) is 47.6 Å². The normalized spacial score (nSPS) is 15.4. The van der Waals surface area contributed by atoms with Gasteiger partial charge >= 0.3 is 0 Å². The van der Waals surface area contributed by atoms with Crippen molar-refractivity contribution in [1.82, 2.24) is 10.3 Å². The fraction of sp³-hybridized carbons (Fsp3) is 0.348. The Morgan fingerprint density at radius 1 is 1.06 bits per heavy atom. The molecule has 3 rings (SSSR count). The highest BCUT2D eigenvalue weighted by Crippen LogP contribution is 2.42. The lowest BCUT2D eigenvalue weighted by molar-refractivity contribution is -0.129. The molecule has 0 radical (unpaired) electrons. The summed E-state index contributed by atoms with van der Waals surface area (Å²) in [6, 6.07) is 13.7. The summed E-state index contributed by atoms with van der Waals surface area (Å²) in [5, 5.41) is 8.25. The number of hydrogen-bond acceptors (Lipinski definition) is 6. The first-order chi connectivity index (χ1) is 14.8. The number of carbonyl (C=O) groups excluding carboxylic acids is 2. The first kappa shape index (κ1) is 22.7. The third kappa shape index (κ3) is 6.01. The van der Waals surface area contributed by atoms with Gasteiger partial charge in [-0.05, 0) is 31.5 Å². The number of carbonyl (C=O) groups is 2. The highest BCUT2D eigenvalue weighted by atomic mass is 32.2. The summed E-state index contributed by atoms with van der Waals surface area (Å²) in [7, 11) is 0. The first-order valence-corrected chi connectivity index (χ1v) is 11.0. The van der Waals surface area contributed by atoms with Crippen molar-refractivity contribution in [2.45, 2.75) is 39.5 Å². The van der Waals surface area contributed by atoms with Crippen LogP contribution in [0.5, 0.6) is 11.5 Å². The smallest absolute Gasteiger partial charge is 0.241 e. The summed E-state index contributed by atoms with van der Waals surface area (Å²) in [5.41, 5.74) is 3.14. The van der Waals surface area contributed by atoms with Gasteiger partial charge in [0.2, 0.25) is 11.8 Å². The van der Waals surface area contributed by atoms with Gasteiger partial charge in [0.15, 0.2) is 5.17 Å². The highest BCUT2D eigenvalue weighted by Gasteiger charge is 2.34. The van der Waals surface area contributed by atoms with Crippen LogP contribution in [0.25, 0.3) is 0 Å². The molecule has 2 amide bonds. The number of nitrogens with zero attached hydrogens (tertiary/aromatic N) is 2. The van der Waals surface area contributed by atoms with Crippen molar-refractivity contribution in [1.29, 1.82) is 0 Å². The van der Waals surface area contributed by atoms with E-state index in [0.717, 1.165) is 16.9 Å². The van der Waals surface area contributed by atoms with E-state index in [0.29, 0.717) is 30.6 Å². The maximum atomic E-state index is 12.1. The van der Waals surface area contributed by atoms with Gasteiger partial charge in [0, 0.05) is 25.8 Å². The number of amidine groups is 1.